The third-order valence-corrected chi connectivity index (χ3v) is 3.13. The Morgan fingerprint density at radius 2 is 1.84 bits per heavy atom. The van der Waals surface area contributed by atoms with Crippen LogP contribution in [0.25, 0.3) is 0 Å². The minimum atomic E-state index is -0.473. The number of aliphatic hydroxyl groups is 1. The highest BCUT2D eigenvalue weighted by atomic mass is 16.5. The van der Waals surface area contributed by atoms with Gasteiger partial charge in [-0.2, -0.15) is 0 Å². The molecule has 19 heavy (non-hydrogen) atoms. The third kappa shape index (κ3) is 5.62. The smallest absolute Gasteiger partial charge is 0.122 e. The second-order valence-corrected chi connectivity index (χ2v) is 5.72. The van der Waals surface area contributed by atoms with Gasteiger partial charge < -0.3 is 15.2 Å². The molecule has 0 aliphatic carbocycles. The quantitative estimate of drug-likeness (QED) is 0.796. The summed E-state index contributed by atoms with van der Waals surface area (Å²) in [6.45, 7) is 12.3. The van der Waals surface area contributed by atoms with E-state index in [1.807, 2.05) is 13.0 Å². The van der Waals surface area contributed by atoms with Crippen molar-refractivity contribution in [3.63, 3.8) is 0 Å². The molecule has 0 aromatic heterocycles. The Labute approximate surface area is 117 Å². The number of nitrogens with one attached hydrogen (secondary N) is 1. The molecule has 2 N–H and O–H groups in total. The summed E-state index contributed by atoms with van der Waals surface area (Å²) < 4.78 is 5.73. The fourth-order valence-electron chi connectivity index (χ4n) is 1.93. The first kappa shape index (κ1) is 16.0. The number of hydrogen-bond donors (Lipinski definition) is 2. The maximum atomic E-state index is 9.87. The van der Waals surface area contributed by atoms with Gasteiger partial charge in [0.05, 0.1) is 0 Å². The van der Waals surface area contributed by atoms with E-state index in [0.29, 0.717) is 19.1 Å². The summed E-state index contributed by atoms with van der Waals surface area (Å²) in [5, 5.41) is 13.1. The van der Waals surface area contributed by atoms with Gasteiger partial charge >= 0.3 is 0 Å². The van der Waals surface area contributed by atoms with Gasteiger partial charge in [-0.3, -0.25) is 0 Å². The van der Waals surface area contributed by atoms with Gasteiger partial charge in [0.15, 0.2) is 0 Å². The fourth-order valence-corrected chi connectivity index (χ4v) is 1.93. The van der Waals surface area contributed by atoms with Gasteiger partial charge in [0.25, 0.3) is 0 Å². The summed E-state index contributed by atoms with van der Waals surface area (Å²) >= 11 is 0. The van der Waals surface area contributed by atoms with Crippen LogP contribution in [-0.4, -0.2) is 30.9 Å². The van der Waals surface area contributed by atoms with Crippen molar-refractivity contribution in [2.24, 2.45) is 5.92 Å². The number of aliphatic hydroxyl groups excluding tert-OH is 1. The van der Waals surface area contributed by atoms with E-state index < -0.39 is 6.10 Å². The van der Waals surface area contributed by atoms with Gasteiger partial charge in [0.1, 0.15) is 18.5 Å². The molecule has 108 valence electrons. The molecule has 1 unspecified atom stereocenters. The van der Waals surface area contributed by atoms with E-state index in [1.54, 1.807) is 0 Å². The normalized spacial score (nSPS) is 12.8. The molecule has 1 atom stereocenters. The van der Waals surface area contributed by atoms with Crippen molar-refractivity contribution in [1.82, 2.24) is 5.32 Å². The van der Waals surface area contributed by atoms with Crippen molar-refractivity contribution in [3.05, 3.63) is 28.8 Å². The molecule has 0 saturated carbocycles. The first-order valence-electron chi connectivity index (χ1n) is 6.99. The highest BCUT2D eigenvalue weighted by Gasteiger charge is 2.08. The molecular weight excluding hydrogens is 238 g/mol. The number of aryl methyl sites for hydroxylation is 2. The number of hydrogen-bond acceptors (Lipinski definition) is 3. The average molecular weight is 265 g/mol. The van der Waals surface area contributed by atoms with Gasteiger partial charge in [-0.15, -0.1) is 0 Å². The lowest BCUT2D eigenvalue weighted by Gasteiger charge is -2.16. The van der Waals surface area contributed by atoms with Crippen LogP contribution in [-0.2, 0) is 0 Å². The Morgan fingerprint density at radius 3 is 2.47 bits per heavy atom. The van der Waals surface area contributed by atoms with E-state index >= 15 is 0 Å². The molecule has 1 aromatic carbocycles. The van der Waals surface area contributed by atoms with Crippen molar-refractivity contribution in [2.45, 2.75) is 40.7 Å². The number of ether oxygens (including phenoxy) is 1. The fraction of sp³-hybridized carbons (Fsp3) is 0.625. The van der Waals surface area contributed by atoms with Crippen molar-refractivity contribution < 1.29 is 9.84 Å². The van der Waals surface area contributed by atoms with Crippen molar-refractivity contribution in [1.29, 1.82) is 0 Å². The first-order valence-corrected chi connectivity index (χ1v) is 6.99. The maximum absolute atomic E-state index is 9.87. The molecule has 0 amide bonds. The van der Waals surface area contributed by atoms with Crippen LogP contribution in [0.15, 0.2) is 12.1 Å². The van der Waals surface area contributed by atoms with E-state index in [0.717, 1.165) is 17.9 Å². The second-order valence-electron chi connectivity index (χ2n) is 5.72. The van der Waals surface area contributed by atoms with Gasteiger partial charge in [-0.05, 0) is 56.0 Å². The topological polar surface area (TPSA) is 41.5 Å². The summed E-state index contributed by atoms with van der Waals surface area (Å²) in [7, 11) is 0. The summed E-state index contributed by atoms with van der Waals surface area (Å²) in [6.07, 6.45) is -0.473. The van der Waals surface area contributed by atoms with Gasteiger partial charge in [-0.25, -0.2) is 0 Å². The molecule has 0 heterocycles. The minimum absolute atomic E-state index is 0.328. The Bertz CT molecular complexity index is 402. The van der Waals surface area contributed by atoms with Crippen LogP contribution in [0, 0.1) is 26.7 Å². The lowest BCUT2D eigenvalue weighted by Crippen LogP contribution is -2.33. The predicted octanol–water partition coefficient (Wildman–Crippen LogP) is 2.60. The van der Waals surface area contributed by atoms with Crippen LogP contribution in [0.2, 0.25) is 0 Å². The lowest BCUT2D eigenvalue weighted by atomic mass is 10.1. The SMILES string of the molecule is Cc1cc(C)c(C)c(OCC(O)CNCC(C)C)c1. The first-order chi connectivity index (χ1) is 8.90. The van der Waals surface area contributed by atoms with E-state index in [1.165, 1.54) is 11.1 Å². The summed E-state index contributed by atoms with van der Waals surface area (Å²) in [4.78, 5) is 0. The Kier molecular flexibility index (Phi) is 6.32. The molecule has 0 aliphatic rings. The zero-order chi connectivity index (χ0) is 14.4. The number of rotatable bonds is 7. The summed E-state index contributed by atoms with van der Waals surface area (Å²) in [5.74, 6) is 1.47. The molecule has 0 bridgehead atoms. The molecule has 0 spiro atoms. The van der Waals surface area contributed by atoms with Crippen LogP contribution in [0.1, 0.15) is 30.5 Å². The van der Waals surface area contributed by atoms with Gasteiger partial charge in [0.2, 0.25) is 0 Å². The monoisotopic (exact) mass is 265 g/mol. The molecule has 1 rings (SSSR count). The average Bonchev–Trinajstić information content (AvgIpc) is 2.31. The number of benzene rings is 1. The zero-order valence-electron chi connectivity index (χ0n) is 12.8. The maximum Gasteiger partial charge on any atom is 0.122 e. The van der Waals surface area contributed by atoms with E-state index in [9.17, 15) is 5.11 Å². The van der Waals surface area contributed by atoms with Crippen LogP contribution in [0.5, 0.6) is 5.75 Å². The molecule has 3 heteroatoms. The van der Waals surface area contributed by atoms with E-state index in [4.69, 9.17) is 4.74 Å². The molecule has 0 fully saturated rings. The molecule has 0 saturated heterocycles. The van der Waals surface area contributed by atoms with Crippen LogP contribution < -0.4 is 10.1 Å². The molecule has 0 aliphatic heterocycles. The van der Waals surface area contributed by atoms with Gasteiger partial charge in [0, 0.05) is 6.54 Å². The highest BCUT2D eigenvalue weighted by molar-refractivity contribution is 5.41. The van der Waals surface area contributed by atoms with E-state index in [-0.39, 0.29) is 0 Å². The van der Waals surface area contributed by atoms with Crippen molar-refractivity contribution >= 4 is 0 Å². The zero-order valence-corrected chi connectivity index (χ0v) is 12.8. The Hall–Kier alpha value is -1.06. The van der Waals surface area contributed by atoms with E-state index in [2.05, 4.69) is 39.1 Å². The third-order valence-electron chi connectivity index (χ3n) is 3.13. The summed E-state index contributed by atoms with van der Waals surface area (Å²) in [6, 6.07) is 4.17. The van der Waals surface area contributed by atoms with Gasteiger partial charge in [-0.1, -0.05) is 19.9 Å². The highest BCUT2D eigenvalue weighted by Crippen LogP contribution is 2.23. The standard InChI is InChI=1S/C16H27NO2/c1-11(2)8-17-9-15(18)10-19-16-7-12(3)6-13(4)14(16)5/h6-7,11,15,17-18H,8-10H2,1-5H3. The lowest BCUT2D eigenvalue weighted by molar-refractivity contribution is 0.105. The summed E-state index contributed by atoms with van der Waals surface area (Å²) in [5.41, 5.74) is 3.56. The largest absolute Gasteiger partial charge is 0.491 e. The molecule has 3 nitrogen and oxygen atoms in total. The minimum Gasteiger partial charge on any atom is -0.491 e. The Balaban J connectivity index is 2.44. The Morgan fingerprint density at radius 1 is 1.16 bits per heavy atom. The van der Waals surface area contributed by atoms with Crippen LogP contribution in [0.4, 0.5) is 0 Å². The van der Waals surface area contributed by atoms with Crippen molar-refractivity contribution in [2.75, 3.05) is 19.7 Å². The predicted molar refractivity (Wildman–Crippen MR) is 79.9 cm³/mol. The molecule has 1 aromatic rings. The van der Waals surface area contributed by atoms with Crippen LogP contribution >= 0.6 is 0 Å². The second kappa shape index (κ2) is 7.51. The van der Waals surface area contributed by atoms with Crippen LogP contribution in [0.3, 0.4) is 0 Å². The van der Waals surface area contributed by atoms with Crippen molar-refractivity contribution in [3.8, 4) is 5.75 Å². The molecule has 0 radical (unpaired) electrons. The molecular formula is C16H27NO2.